The Morgan fingerprint density at radius 1 is 0.453 bits per heavy atom. The van der Waals surface area contributed by atoms with Gasteiger partial charge in [0.05, 0.1) is 6.61 Å². The number of carboxylic acids is 2. The van der Waals surface area contributed by atoms with Crippen LogP contribution in [0.3, 0.4) is 0 Å². The van der Waals surface area contributed by atoms with Gasteiger partial charge in [0.15, 0.2) is 6.29 Å². The fraction of sp³-hybridized carbons (Fsp3) is 0.929. The number of carbonyl (C=O) groups excluding carboxylic acids is 3. The first-order chi connectivity index (χ1) is 25.1. The van der Waals surface area contributed by atoms with Crippen molar-refractivity contribution < 1.29 is 50.1 Å². The molecule has 11 heteroatoms. The van der Waals surface area contributed by atoms with E-state index in [1.165, 1.54) is 167 Å². The summed E-state index contributed by atoms with van der Waals surface area (Å²) in [5.74, 6) is -1.81. The van der Waals surface area contributed by atoms with Crippen molar-refractivity contribution in [2.24, 2.45) is 0 Å². The van der Waals surface area contributed by atoms with Gasteiger partial charge in [0.1, 0.15) is 24.4 Å². The molecule has 0 aliphatic rings. The average Bonchev–Trinajstić information content (AvgIpc) is 3.13. The van der Waals surface area contributed by atoms with Crippen LogP contribution < -0.4 is 10.2 Å². The number of aliphatic carboxylic acids is 2. The molecule has 0 radical (unpaired) electrons. The zero-order valence-electron chi connectivity index (χ0n) is 34.2. The Balaban J connectivity index is -0.000000348. The second kappa shape index (κ2) is 49.2. The van der Waals surface area contributed by atoms with Gasteiger partial charge in [0, 0.05) is 11.9 Å². The van der Waals surface area contributed by atoms with E-state index >= 15 is 0 Å². The zero-order valence-corrected chi connectivity index (χ0v) is 35.6. The minimum atomic E-state index is -1.79. The van der Waals surface area contributed by atoms with Gasteiger partial charge in [-0.1, -0.05) is 194 Å². The maximum atomic E-state index is 10.2. The Labute approximate surface area is 340 Å². The first-order valence-electron chi connectivity index (χ1n) is 21.3. The van der Waals surface area contributed by atoms with Crippen molar-refractivity contribution in [2.45, 2.75) is 244 Å². The molecule has 0 rings (SSSR count). The van der Waals surface area contributed by atoms with E-state index < -0.39 is 43.0 Å². The summed E-state index contributed by atoms with van der Waals surface area (Å²) in [6.07, 6.45) is 32.9. The predicted octanol–water partition coefficient (Wildman–Crippen LogP) is 6.24. The molecule has 5 N–H and O–H groups in total. The van der Waals surface area contributed by atoms with Gasteiger partial charge in [-0.25, -0.2) is 0 Å². The van der Waals surface area contributed by atoms with Crippen LogP contribution in [0.1, 0.15) is 219 Å². The summed E-state index contributed by atoms with van der Waals surface area (Å²) in [5.41, 5.74) is 0. The Bertz CT molecular complexity index is 699. The second-order valence-corrected chi connectivity index (χ2v) is 14.5. The first-order valence-corrected chi connectivity index (χ1v) is 21.3. The van der Waals surface area contributed by atoms with E-state index in [0.29, 0.717) is 0 Å². The van der Waals surface area contributed by atoms with Gasteiger partial charge in [-0.05, 0) is 25.7 Å². The predicted molar refractivity (Wildman–Crippen MR) is 212 cm³/mol. The molecule has 0 aliphatic carbocycles. The molecule has 312 valence electrons. The normalized spacial score (nSPS) is 13.0. The number of hydrogen-bond acceptors (Lipinski definition) is 10. The van der Waals surface area contributed by atoms with Crippen LogP contribution in [0.2, 0.25) is 0 Å². The van der Waals surface area contributed by atoms with E-state index in [1.807, 2.05) is 0 Å². The number of aldehydes is 1. The topological polar surface area (TPSA) is 198 Å². The standard InChI is InChI=1S/2C18H36O2.C6H12O6.Mg/c2*1-2-3-4-5-6-7-8-9-10-11-12-13-14-15-16-17-18(19)20;7-1-3(9)5(11)6(12)4(10)2-8;/h2*2-17H2,1H3,(H,19,20);1,3-6,8-12H,2H2;/q;;;+2/p-2. The molecule has 0 aromatic carbocycles. The van der Waals surface area contributed by atoms with Gasteiger partial charge in [0.25, 0.3) is 0 Å². The van der Waals surface area contributed by atoms with Gasteiger partial charge in [-0.2, -0.15) is 0 Å². The molecule has 0 saturated heterocycles. The van der Waals surface area contributed by atoms with Crippen molar-refractivity contribution in [3.63, 3.8) is 0 Å². The number of carboxylic acid groups (broad SMARTS) is 2. The summed E-state index contributed by atoms with van der Waals surface area (Å²) in [5, 5.41) is 64.0. The number of unbranched alkanes of at least 4 members (excludes halogenated alkanes) is 28. The maximum Gasteiger partial charge on any atom is 2.00 e. The Hall–Kier alpha value is -0.824. The summed E-state index contributed by atoms with van der Waals surface area (Å²) < 4.78 is 0. The van der Waals surface area contributed by atoms with Crippen LogP contribution in [0.5, 0.6) is 0 Å². The van der Waals surface area contributed by atoms with Crippen molar-refractivity contribution in [3.05, 3.63) is 0 Å². The number of aliphatic hydroxyl groups excluding tert-OH is 5. The van der Waals surface area contributed by atoms with Gasteiger partial charge < -0.3 is 50.1 Å². The Morgan fingerprint density at radius 2 is 0.679 bits per heavy atom. The molecular formula is C42H82MgO10. The SMILES string of the molecule is CCCCCCCCCCCCCCCCCC(=O)[O-].CCCCCCCCCCCCCCCCCC(=O)[O-].O=CC(O)C(O)C(O)C(O)CO.[Mg+2]. The van der Waals surface area contributed by atoms with Crippen LogP contribution in [0.25, 0.3) is 0 Å². The van der Waals surface area contributed by atoms with Crippen LogP contribution in [0, 0.1) is 0 Å². The molecule has 4 unspecified atom stereocenters. The van der Waals surface area contributed by atoms with Gasteiger partial charge in [-0.15, -0.1) is 0 Å². The minimum absolute atomic E-state index is 0. The molecule has 0 aromatic heterocycles. The number of aliphatic hydroxyl groups is 5. The largest absolute Gasteiger partial charge is 2.00 e. The molecule has 0 aromatic rings. The Morgan fingerprint density at radius 3 is 0.868 bits per heavy atom. The van der Waals surface area contributed by atoms with Crippen molar-refractivity contribution in [2.75, 3.05) is 6.61 Å². The zero-order chi connectivity index (χ0) is 39.5. The van der Waals surface area contributed by atoms with Crippen molar-refractivity contribution in [1.29, 1.82) is 0 Å². The van der Waals surface area contributed by atoms with Crippen LogP contribution >= 0.6 is 0 Å². The van der Waals surface area contributed by atoms with E-state index in [2.05, 4.69) is 13.8 Å². The fourth-order valence-corrected chi connectivity index (χ4v) is 5.90. The van der Waals surface area contributed by atoms with Crippen LogP contribution in [-0.2, 0) is 14.4 Å². The van der Waals surface area contributed by atoms with E-state index in [-0.39, 0.29) is 42.2 Å². The number of rotatable bonds is 37. The third-order valence-corrected chi connectivity index (χ3v) is 9.39. The minimum Gasteiger partial charge on any atom is -0.550 e. The smallest absolute Gasteiger partial charge is 0.550 e. The van der Waals surface area contributed by atoms with E-state index in [9.17, 15) is 24.6 Å². The monoisotopic (exact) mass is 771 g/mol. The van der Waals surface area contributed by atoms with E-state index in [1.54, 1.807) is 0 Å². The molecule has 4 atom stereocenters. The van der Waals surface area contributed by atoms with Gasteiger partial charge >= 0.3 is 23.1 Å². The van der Waals surface area contributed by atoms with Crippen molar-refractivity contribution >= 4 is 41.3 Å². The molecule has 0 spiro atoms. The quantitative estimate of drug-likeness (QED) is 0.0274. The third kappa shape index (κ3) is 51.2. The molecule has 53 heavy (non-hydrogen) atoms. The summed E-state index contributed by atoms with van der Waals surface area (Å²) in [7, 11) is 0. The van der Waals surface area contributed by atoms with Crippen molar-refractivity contribution in [1.82, 2.24) is 0 Å². The molecule has 10 nitrogen and oxygen atoms in total. The van der Waals surface area contributed by atoms with E-state index in [4.69, 9.17) is 25.5 Å². The van der Waals surface area contributed by atoms with Crippen molar-refractivity contribution in [3.8, 4) is 0 Å². The Kier molecular flexibility index (Phi) is 54.7. The summed E-state index contributed by atoms with van der Waals surface area (Å²) >= 11 is 0. The summed E-state index contributed by atoms with van der Waals surface area (Å²) in [6.45, 7) is 3.77. The van der Waals surface area contributed by atoms with Gasteiger partial charge in [-0.3, -0.25) is 0 Å². The maximum absolute atomic E-state index is 10.2. The molecule has 0 fully saturated rings. The van der Waals surface area contributed by atoms with Crippen LogP contribution in [0.15, 0.2) is 0 Å². The first kappa shape index (κ1) is 58.9. The average molecular weight is 771 g/mol. The molecule has 0 heterocycles. The van der Waals surface area contributed by atoms with Crippen LogP contribution in [-0.4, -0.2) is 97.8 Å². The molecule has 0 amide bonds. The van der Waals surface area contributed by atoms with Gasteiger partial charge in [0.2, 0.25) is 0 Å². The molecule has 0 saturated carbocycles. The fourth-order valence-electron chi connectivity index (χ4n) is 5.90. The van der Waals surface area contributed by atoms with E-state index in [0.717, 1.165) is 25.7 Å². The molecular weight excluding hydrogens is 689 g/mol. The third-order valence-electron chi connectivity index (χ3n) is 9.39. The number of carbonyl (C=O) groups is 3. The number of hydrogen-bond donors (Lipinski definition) is 5. The summed E-state index contributed by atoms with van der Waals surface area (Å²) in [4.78, 5) is 30.3. The summed E-state index contributed by atoms with van der Waals surface area (Å²) in [6, 6.07) is 0. The second-order valence-electron chi connectivity index (χ2n) is 14.5. The van der Waals surface area contributed by atoms with Crippen LogP contribution in [0.4, 0.5) is 0 Å². The molecule has 0 aliphatic heterocycles. The molecule has 0 bridgehead atoms.